The molecule has 0 spiro atoms. The Labute approximate surface area is 201 Å². The predicted molar refractivity (Wildman–Crippen MR) is 124 cm³/mol. The number of epoxide rings is 1. The van der Waals surface area contributed by atoms with Crippen molar-refractivity contribution in [3.8, 4) is 0 Å². The molecule has 6 heteroatoms. The quantitative estimate of drug-likeness (QED) is 0.485. The fraction of sp³-hybridized carbons (Fsp3) is 0.786. The van der Waals surface area contributed by atoms with Gasteiger partial charge in [0, 0.05) is 6.42 Å². The van der Waals surface area contributed by atoms with Crippen LogP contribution in [-0.4, -0.2) is 52.5 Å². The summed E-state index contributed by atoms with van der Waals surface area (Å²) in [6, 6.07) is 0. The van der Waals surface area contributed by atoms with Crippen molar-refractivity contribution in [2.75, 3.05) is 6.61 Å². The number of aliphatic hydroxyl groups excluding tert-OH is 1. The molecular weight excluding hydrogens is 432 g/mol. The van der Waals surface area contributed by atoms with Crippen LogP contribution in [0.15, 0.2) is 23.3 Å². The highest BCUT2D eigenvalue weighted by molar-refractivity contribution is 5.97. The third-order valence-corrected chi connectivity index (χ3v) is 11.5. The van der Waals surface area contributed by atoms with Crippen LogP contribution in [0.3, 0.4) is 0 Å². The summed E-state index contributed by atoms with van der Waals surface area (Å²) in [7, 11) is 0. The first-order valence-electron chi connectivity index (χ1n) is 13.2. The lowest BCUT2D eigenvalue weighted by Gasteiger charge is -2.60. The summed E-state index contributed by atoms with van der Waals surface area (Å²) < 4.78 is 12.1. The van der Waals surface area contributed by atoms with Crippen molar-refractivity contribution >= 4 is 11.8 Å². The number of fused-ring (bicyclic) bond motifs is 8. The van der Waals surface area contributed by atoms with E-state index in [0.717, 1.165) is 31.3 Å². The van der Waals surface area contributed by atoms with Gasteiger partial charge in [-0.2, -0.15) is 0 Å². The highest BCUT2D eigenvalue weighted by atomic mass is 16.6. The zero-order chi connectivity index (χ0) is 24.2. The number of hydrogen-bond acceptors (Lipinski definition) is 6. The molecule has 34 heavy (non-hydrogen) atoms. The minimum Gasteiger partial charge on any atom is -0.458 e. The van der Waals surface area contributed by atoms with E-state index in [1.807, 2.05) is 19.9 Å². The SMILES string of the molecule is CC1=C(CO)C(=O)OC([C@@H](C)[C@H]2CC[C@H]3[C@@H]4[C@@H]5O[C@@H]5[C@@]5(O)CC=CC(=O)[C@]5(C)[C@H]4CC[C@]23C)C1. The van der Waals surface area contributed by atoms with Crippen molar-refractivity contribution in [2.45, 2.75) is 90.1 Å². The number of ether oxygens (including phenoxy) is 2. The Kier molecular flexibility index (Phi) is 4.90. The number of carbonyl (C=O) groups excluding carboxylic acids is 2. The van der Waals surface area contributed by atoms with Gasteiger partial charge in [0.25, 0.3) is 0 Å². The van der Waals surface area contributed by atoms with Gasteiger partial charge in [0.05, 0.1) is 23.7 Å². The Morgan fingerprint density at radius 1 is 1.18 bits per heavy atom. The Morgan fingerprint density at radius 3 is 2.65 bits per heavy atom. The third kappa shape index (κ3) is 2.68. The molecule has 6 rings (SSSR count). The van der Waals surface area contributed by atoms with Crippen LogP contribution in [0.1, 0.15) is 66.2 Å². The normalized spacial score (nSPS) is 52.4. The maximum absolute atomic E-state index is 13.3. The highest BCUT2D eigenvalue weighted by Gasteiger charge is 2.77. The van der Waals surface area contributed by atoms with Gasteiger partial charge < -0.3 is 19.7 Å². The zero-order valence-electron chi connectivity index (χ0n) is 20.8. The van der Waals surface area contributed by atoms with Crippen LogP contribution in [-0.2, 0) is 19.1 Å². The second kappa shape index (κ2) is 7.27. The van der Waals surface area contributed by atoms with E-state index in [-0.39, 0.29) is 53.9 Å². The minimum atomic E-state index is -1.09. The molecule has 1 unspecified atom stereocenters. The van der Waals surface area contributed by atoms with E-state index >= 15 is 0 Å². The van der Waals surface area contributed by atoms with E-state index in [9.17, 15) is 19.8 Å². The van der Waals surface area contributed by atoms with E-state index in [0.29, 0.717) is 36.2 Å². The zero-order valence-corrected chi connectivity index (χ0v) is 20.8. The molecule has 0 aromatic carbocycles. The molecule has 186 valence electrons. The fourth-order valence-electron chi connectivity index (χ4n) is 9.49. The van der Waals surface area contributed by atoms with E-state index in [1.54, 1.807) is 6.08 Å². The van der Waals surface area contributed by atoms with Gasteiger partial charge >= 0.3 is 5.97 Å². The van der Waals surface area contributed by atoms with E-state index in [4.69, 9.17) is 9.47 Å². The lowest BCUT2D eigenvalue weighted by Crippen LogP contribution is -2.67. The van der Waals surface area contributed by atoms with Crippen molar-refractivity contribution in [1.29, 1.82) is 0 Å². The average Bonchev–Trinajstić information content (AvgIpc) is 3.52. The number of allylic oxidation sites excluding steroid dienone is 1. The highest BCUT2D eigenvalue weighted by Crippen LogP contribution is 2.71. The Hall–Kier alpha value is -1.50. The number of aliphatic hydroxyl groups is 2. The molecule has 0 amide bonds. The standard InChI is InChI=1S/C28H38O6/c1-14-12-20(33-25(31)16(14)13-29)15(2)17-7-8-18-22-19(9-11-26(17,18)3)27(4)21(30)6-5-10-28(27,32)24-23(22)34-24/h5-6,15,17-20,22-24,29,32H,7-13H2,1-4H3/t15-,17+,18-,19-,20?,22-,23-,24-,26+,27-,28-/m0/s1. The smallest absolute Gasteiger partial charge is 0.336 e. The molecule has 2 aliphatic heterocycles. The maximum Gasteiger partial charge on any atom is 0.336 e. The fourth-order valence-corrected chi connectivity index (χ4v) is 9.49. The Bertz CT molecular complexity index is 999. The molecule has 6 nitrogen and oxygen atoms in total. The third-order valence-electron chi connectivity index (χ3n) is 11.5. The van der Waals surface area contributed by atoms with Crippen LogP contribution >= 0.6 is 0 Å². The summed E-state index contributed by atoms with van der Waals surface area (Å²) in [5.74, 6) is 1.20. The summed E-state index contributed by atoms with van der Waals surface area (Å²) >= 11 is 0. The van der Waals surface area contributed by atoms with Gasteiger partial charge in [-0.25, -0.2) is 4.79 Å². The predicted octanol–water partition coefficient (Wildman–Crippen LogP) is 3.35. The molecule has 6 aliphatic rings. The van der Waals surface area contributed by atoms with Crippen molar-refractivity contribution in [3.05, 3.63) is 23.3 Å². The Balaban J connectivity index is 1.29. The van der Waals surface area contributed by atoms with Crippen molar-refractivity contribution < 1.29 is 29.3 Å². The average molecular weight is 471 g/mol. The molecule has 0 bridgehead atoms. The monoisotopic (exact) mass is 470 g/mol. The van der Waals surface area contributed by atoms with Gasteiger partial charge in [-0.15, -0.1) is 0 Å². The largest absolute Gasteiger partial charge is 0.458 e. The first-order chi connectivity index (χ1) is 16.1. The lowest BCUT2D eigenvalue weighted by molar-refractivity contribution is -0.182. The molecule has 0 aromatic rings. The molecule has 4 aliphatic carbocycles. The topological polar surface area (TPSA) is 96.4 Å². The van der Waals surface area contributed by atoms with Crippen molar-refractivity contribution in [3.63, 3.8) is 0 Å². The number of hydrogen-bond donors (Lipinski definition) is 2. The molecule has 0 radical (unpaired) electrons. The number of esters is 1. The second-order valence-electron chi connectivity index (χ2n) is 12.6. The molecular formula is C28H38O6. The molecule has 2 N–H and O–H groups in total. The van der Waals surface area contributed by atoms with Crippen LogP contribution in [0.25, 0.3) is 0 Å². The number of carbonyl (C=O) groups is 2. The molecule has 3 saturated carbocycles. The maximum atomic E-state index is 13.3. The van der Waals surface area contributed by atoms with E-state index in [2.05, 4.69) is 13.8 Å². The van der Waals surface area contributed by atoms with Crippen LogP contribution < -0.4 is 0 Å². The summed E-state index contributed by atoms with van der Waals surface area (Å²) in [6.45, 7) is 8.31. The molecule has 11 atom stereocenters. The van der Waals surface area contributed by atoms with Gasteiger partial charge in [0.15, 0.2) is 5.78 Å². The number of cyclic esters (lactones) is 1. The second-order valence-corrected chi connectivity index (χ2v) is 12.6. The van der Waals surface area contributed by atoms with Gasteiger partial charge in [0.2, 0.25) is 0 Å². The van der Waals surface area contributed by atoms with Crippen molar-refractivity contribution in [1.82, 2.24) is 0 Å². The minimum absolute atomic E-state index is 0.0471. The van der Waals surface area contributed by atoms with Crippen LogP contribution in [0.4, 0.5) is 0 Å². The summed E-state index contributed by atoms with van der Waals surface area (Å²) in [5, 5.41) is 21.2. The van der Waals surface area contributed by atoms with Gasteiger partial charge in [-0.3, -0.25) is 4.79 Å². The van der Waals surface area contributed by atoms with E-state index in [1.165, 1.54) is 0 Å². The number of ketones is 1. The number of rotatable bonds is 3. The first-order valence-corrected chi connectivity index (χ1v) is 13.2. The van der Waals surface area contributed by atoms with Crippen LogP contribution in [0.5, 0.6) is 0 Å². The summed E-state index contributed by atoms with van der Waals surface area (Å²) in [4.78, 5) is 25.7. The lowest BCUT2D eigenvalue weighted by atomic mass is 9.43. The first kappa shape index (κ1) is 22.9. The van der Waals surface area contributed by atoms with Crippen LogP contribution in [0.2, 0.25) is 0 Å². The summed E-state index contributed by atoms with van der Waals surface area (Å²) in [6.07, 6.45) is 8.46. The molecule has 2 heterocycles. The van der Waals surface area contributed by atoms with Gasteiger partial charge in [0.1, 0.15) is 17.8 Å². The van der Waals surface area contributed by atoms with Gasteiger partial charge in [-0.1, -0.05) is 25.5 Å². The molecule has 4 fully saturated rings. The van der Waals surface area contributed by atoms with Crippen molar-refractivity contribution in [2.24, 2.45) is 40.4 Å². The summed E-state index contributed by atoms with van der Waals surface area (Å²) in [5.41, 5.74) is -0.426. The van der Waals surface area contributed by atoms with Gasteiger partial charge in [-0.05, 0) is 87.0 Å². The van der Waals surface area contributed by atoms with E-state index < -0.39 is 11.0 Å². The molecule has 0 aromatic heterocycles. The molecule has 1 saturated heterocycles. The Morgan fingerprint density at radius 2 is 1.94 bits per heavy atom. The van der Waals surface area contributed by atoms with Crippen LogP contribution in [0, 0.1) is 40.4 Å².